The molecule has 3 aromatic carbocycles. The van der Waals surface area contributed by atoms with Crippen LogP contribution in [0.5, 0.6) is 5.75 Å². The number of hydrogen-bond acceptors (Lipinski definition) is 15. The zero-order valence-corrected chi connectivity index (χ0v) is 40.1. The summed E-state index contributed by atoms with van der Waals surface area (Å²) in [5.74, 6) is 0.476. The van der Waals surface area contributed by atoms with Crippen LogP contribution in [0.25, 0.3) is 0 Å². The van der Waals surface area contributed by atoms with E-state index in [-0.39, 0.29) is 35.1 Å². The molecule has 4 aromatic rings. The number of rotatable bonds is 13. The van der Waals surface area contributed by atoms with E-state index in [4.69, 9.17) is 16.3 Å². The maximum Gasteiger partial charge on any atom is 0.255 e. The van der Waals surface area contributed by atoms with E-state index >= 15 is 0 Å². The number of aromatic nitrogens is 2. The second kappa shape index (κ2) is 19.8. The molecule has 4 saturated heterocycles. The third kappa shape index (κ3) is 10.1. The minimum atomic E-state index is -3.51. The lowest BCUT2D eigenvalue weighted by molar-refractivity contribution is -0.137. The molecule has 1 atom stereocenters. The minimum absolute atomic E-state index is 0.164. The molecule has 5 aliphatic heterocycles. The number of amides is 4. The Hall–Kier alpha value is -6.22. The Morgan fingerprint density at radius 2 is 1.57 bits per heavy atom. The Bertz CT molecular complexity index is 2690. The normalized spacial score (nSPS) is 19.8. The minimum Gasteiger partial charge on any atom is -0.494 e. The van der Waals surface area contributed by atoms with Crippen LogP contribution in [0, 0.1) is 0 Å². The molecule has 3 N–H and O–H groups in total. The molecule has 6 heterocycles. The summed E-state index contributed by atoms with van der Waals surface area (Å²) in [5.41, 5.74) is 5.12. The summed E-state index contributed by atoms with van der Waals surface area (Å²) in [7, 11) is -0.409. The molecule has 68 heavy (non-hydrogen) atoms. The van der Waals surface area contributed by atoms with Gasteiger partial charge in [-0.2, -0.15) is 4.98 Å². The monoisotopic (exact) mass is 968 g/mol. The van der Waals surface area contributed by atoms with Gasteiger partial charge in [-0.05, 0) is 61.2 Å². The van der Waals surface area contributed by atoms with Crippen molar-refractivity contribution in [2.24, 2.45) is 0 Å². The number of methoxy groups -OCH3 is 1. The number of anilines is 7. The Labute approximate surface area is 401 Å². The van der Waals surface area contributed by atoms with E-state index in [2.05, 4.69) is 51.6 Å². The van der Waals surface area contributed by atoms with Gasteiger partial charge in [-0.1, -0.05) is 29.8 Å². The van der Waals surface area contributed by atoms with Crippen molar-refractivity contribution in [2.45, 2.75) is 44.3 Å². The third-order valence-electron chi connectivity index (χ3n) is 13.8. The van der Waals surface area contributed by atoms with E-state index in [0.717, 1.165) is 88.4 Å². The Kier molecular flexibility index (Phi) is 13.6. The van der Waals surface area contributed by atoms with Crippen LogP contribution in [0.3, 0.4) is 0 Å². The van der Waals surface area contributed by atoms with Gasteiger partial charge in [0.1, 0.15) is 16.8 Å². The van der Waals surface area contributed by atoms with Crippen LogP contribution in [-0.4, -0.2) is 166 Å². The molecule has 21 heteroatoms. The van der Waals surface area contributed by atoms with Crippen molar-refractivity contribution in [1.29, 1.82) is 0 Å². The molecule has 0 saturated carbocycles. The molecule has 5 aliphatic rings. The fourth-order valence-electron chi connectivity index (χ4n) is 9.80. The highest BCUT2D eigenvalue weighted by atomic mass is 35.5. The number of piperidine rings is 2. The number of carbonyl (C=O) groups excluding carboxylic acids is 4. The van der Waals surface area contributed by atoms with Crippen LogP contribution < -0.4 is 34.8 Å². The van der Waals surface area contributed by atoms with E-state index in [9.17, 15) is 27.6 Å². The summed E-state index contributed by atoms with van der Waals surface area (Å²) >= 11 is 6.48. The Balaban J connectivity index is 0.718. The first-order valence-corrected chi connectivity index (χ1v) is 25.2. The van der Waals surface area contributed by atoms with Gasteiger partial charge in [-0.3, -0.25) is 38.6 Å². The summed E-state index contributed by atoms with van der Waals surface area (Å²) in [4.78, 5) is 72.9. The van der Waals surface area contributed by atoms with Crippen molar-refractivity contribution in [3.8, 4) is 5.75 Å². The number of halogens is 1. The number of nitrogens with zero attached hydrogens (tertiary/aromatic N) is 9. The first kappa shape index (κ1) is 46.9. The quantitative estimate of drug-likeness (QED) is 0.164. The molecule has 0 aliphatic carbocycles. The first-order chi connectivity index (χ1) is 32.7. The van der Waals surface area contributed by atoms with Gasteiger partial charge in [0.15, 0.2) is 5.82 Å². The topological polar surface area (TPSA) is 196 Å². The number of benzene rings is 3. The average molecular weight is 970 g/mol. The molecule has 360 valence electrons. The summed E-state index contributed by atoms with van der Waals surface area (Å²) in [6, 6.07) is 18.7. The van der Waals surface area contributed by atoms with Crippen LogP contribution in [0.4, 0.5) is 40.2 Å². The zero-order chi connectivity index (χ0) is 47.7. The lowest BCUT2D eigenvalue weighted by Gasteiger charge is -2.43. The molecule has 9 rings (SSSR count). The number of nitrogens with one attached hydrogen (secondary N) is 3. The zero-order valence-electron chi connectivity index (χ0n) is 38.5. The number of sulfonamides is 1. The number of imide groups is 1. The summed E-state index contributed by atoms with van der Waals surface area (Å²) in [6.45, 7) is 8.61. The Morgan fingerprint density at radius 3 is 2.29 bits per heavy atom. The maximum atomic E-state index is 13.5. The lowest BCUT2D eigenvalue weighted by Crippen LogP contribution is -2.56. The van der Waals surface area contributed by atoms with Crippen molar-refractivity contribution >= 4 is 85.5 Å². The average Bonchev–Trinajstić information content (AvgIpc) is 3.67. The largest absolute Gasteiger partial charge is 0.494 e. The fourth-order valence-corrected chi connectivity index (χ4v) is 10.5. The number of carbonyl (C=O) groups is 4. The van der Waals surface area contributed by atoms with E-state index < -0.39 is 22.0 Å². The van der Waals surface area contributed by atoms with E-state index in [1.54, 1.807) is 36.3 Å². The second-order valence-corrected chi connectivity index (χ2v) is 20.3. The highest BCUT2D eigenvalue weighted by molar-refractivity contribution is 7.92. The number of hydrogen-bond donors (Lipinski definition) is 3. The fraction of sp³-hybridized carbons (Fsp3) is 0.447. The molecular formula is C47H57ClN12O7S. The van der Waals surface area contributed by atoms with Gasteiger partial charge >= 0.3 is 0 Å². The van der Waals surface area contributed by atoms with Crippen LogP contribution in [0.1, 0.15) is 41.6 Å². The van der Waals surface area contributed by atoms with E-state index in [1.807, 2.05) is 35.2 Å². The number of para-hydroxylation sites is 2. The lowest BCUT2D eigenvalue weighted by atomic mass is 10.0. The van der Waals surface area contributed by atoms with Gasteiger partial charge in [0.05, 0.1) is 43.2 Å². The summed E-state index contributed by atoms with van der Waals surface area (Å²) in [5, 5.41) is 9.02. The predicted molar refractivity (Wildman–Crippen MR) is 261 cm³/mol. The van der Waals surface area contributed by atoms with Crippen molar-refractivity contribution in [3.05, 3.63) is 83.0 Å². The third-order valence-corrected chi connectivity index (χ3v) is 15.3. The molecule has 0 spiro atoms. The van der Waals surface area contributed by atoms with Crippen LogP contribution >= 0.6 is 11.6 Å². The molecule has 1 aromatic heterocycles. The van der Waals surface area contributed by atoms with Gasteiger partial charge in [0.2, 0.25) is 33.7 Å². The Morgan fingerprint density at radius 1 is 0.868 bits per heavy atom. The smallest absolute Gasteiger partial charge is 0.255 e. The molecule has 1 unspecified atom stereocenters. The van der Waals surface area contributed by atoms with E-state index in [1.165, 1.54) is 17.5 Å². The second-order valence-electron chi connectivity index (χ2n) is 17.9. The van der Waals surface area contributed by atoms with Crippen molar-refractivity contribution in [3.63, 3.8) is 0 Å². The van der Waals surface area contributed by atoms with Crippen molar-refractivity contribution in [2.75, 3.05) is 117 Å². The van der Waals surface area contributed by atoms with Crippen molar-refractivity contribution in [1.82, 2.24) is 34.9 Å². The molecule has 0 radical (unpaired) electrons. The molecule has 4 fully saturated rings. The predicted octanol–water partition coefficient (Wildman–Crippen LogP) is 3.72. The van der Waals surface area contributed by atoms with Crippen LogP contribution in [-0.2, 0) is 31.0 Å². The first-order valence-electron chi connectivity index (χ1n) is 23.0. The number of ether oxygens (including phenoxy) is 1. The van der Waals surface area contributed by atoms with Gasteiger partial charge in [0, 0.05) is 115 Å². The SMILES string of the molecule is COc1cc(N2CCC(N3CCN(C(=O)CN4CCN(c5ccc6c(c5)C(=O)N(C5CCC(=O)NC5=O)C6)CC4)CC3)CC2)ccc1Nc1ncc(Cl)c(Nc2ccccc2N(C)S(C)(=O)=O)n1. The van der Waals surface area contributed by atoms with Gasteiger partial charge in [0.25, 0.3) is 5.91 Å². The maximum absolute atomic E-state index is 13.5. The molecule has 4 amide bonds. The van der Waals surface area contributed by atoms with E-state index in [0.29, 0.717) is 72.8 Å². The van der Waals surface area contributed by atoms with Crippen LogP contribution in [0.15, 0.2) is 66.9 Å². The number of piperazine rings is 2. The summed E-state index contributed by atoms with van der Waals surface area (Å²) < 4.78 is 31.6. The van der Waals surface area contributed by atoms with Gasteiger partial charge < -0.3 is 35.0 Å². The highest BCUT2D eigenvalue weighted by Crippen LogP contribution is 2.36. The molecule has 0 bridgehead atoms. The molecule has 19 nitrogen and oxygen atoms in total. The standard InChI is InChI=1S/C47H57ClN12O7S/c1-54(68(3,65)66)39-7-5-4-6-37(39)50-44-36(48)28-49-47(53-44)51-38-11-10-34(27-41(38)67-2)56-16-14-32(15-17-56)57-22-24-59(25-23-57)43(62)30-55-18-20-58(21-19-55)33-9-8-31-29-60(46(64)35(31)26-33)40-12-13-42(61)52-45(40)63/h4-11,26-28,32,40H,12-25,29-30H2,1-3H3,(H,52,61,63)(H2,49,50,51,53). The van der Waals surface area contributed by atoms with Gasteiger partial charge in [-0.15, -0.1) is 0 Å². The molecular weight excluding hydrogens is 912 g/mol. The van der Waals surface area contributed by atoms with Crippen LogP contribution in [0.2, 0.25) is 5.02 Å². The highest BCUT2D eigenvalue weighted by Gasteiger charge is 2.39. The number of fused-ring (bicyclic) bond motifs is 1. The van der Waals surface area contributed by atoms with Crippen molar-refractivity contribution < 1.29 is 32.3 Å². The van der Waals surface area contributed by atoms with Gasteiger partial charge in [-0.25, -0.2) is 13.4 Å². The summed E-state index contributed by atoms with van der Waals surface area (Å²) in [6.07, 6.45) is 5.19.